The molecular weight excluding hydrogens is 1190 g/mol. The molecule has 0 unspecified atom stereocenters. The van der Waals surface area contributed by atoms with Crippen molar-refractivity contribution in [3.8, 4) is 5.75 Å². The summed E-state index contributed by atoms with van der Waals surface area (Å²) in [6.07, 6.45) is 0. The van der Waals surface area contributed by atoms with Crippen molar-refractivity contribution in [1.29, 1.82) is 0 Å². The van der Waals surface area contributed by atoms with Gasteiger partial charge in [0.2, 0.25) is 34.4 Å². The lowest BCUT2D eigenvalue weighted by Gasteiger charge is -2.15. The zero-order valence-corrected chi connectivity index (χ0v) is 43.5. The molecule has 0 radical (unpaired) electrons. The first-order valence-corrected chi connectivity index (χ1v) is 28.2. The van der Waals surface area contributed by atoms with Gasteiger partial charge in [-0.05, 0) is 94.6 Å². The van der Waals surface area contributed by atoms with Gasteiger partial charge in [0.1, 0.15) is 21.2 Å². The average molecular weight is 1220 g/mol. The molecule has 2 aromatic heterocycles. The van der Waals surface area contributed by atoms with Crippen molar-refractivity contribution < 1.29 is 82.2 Å². The monoisotopic (exact) mass is 1220 g/mol. The molecule has 6 aromatic carbocycles. The first kappa shape index (κ1) is 58.2. The third kappa shape index (κ3) is 15.7. The number of fused-ring (bicyclic) bond motifs is 2. The molecule has 9 N–H and O–H groups in total. The van der Waals surface area contributed by atoms with E-state index >= 15 is 0 Å². The molecule has 0 aliphatic rings. The molecule has 0 saturated carbocycles. The number of azo groups is 1. The molecule has 8 aromatic rings. The lowest BCUT2D eigenvalue weighted by Crippen LogP contribution is -2.09. The summed E-state index contributed by atoms with van der Waals surface area (Å²) in [5.74, 6) is -2.03. The Hall–Kier alpha value is -8.08. The van der Waals surface area contributed by atoms with Crippen LogP contribution in [0.5, 0.6) is 5.75 Å². The minimum Gasteiger partial charge on any atom is -0.505 e. The minimum absolute atomic E-state index is 0.0135. The fourth-order valence-corrected chi connectivity index (χ4v) is 9.37. The van der Waals surface area contributed by atoms with Gasteiger partial charge in [-0.3, -0.25) is 18.2 Å². The summed E-state index contributed by atoms with van der Waals surface area (Å²) >= 11 is 12.4. The molecule has 0 aliphatic heterocycles. The number of phenolic OH excluding ortho intramolecular Hbond substituents is 1. The molecule has 0 saturated heterocycles. The lowest BCUT2D eigenvalue weighted by molar-refractivity contribution is 0.480. The Labute approximate surface area is 444 Å². The normalized spacial score (nSPS) is 11.7. The van der Waals surface area contributed by atoms with Gasteiger partial charge in [-0.1, -0.05) is 42.5 Å². The Kier molecular flexibility index (Phi) is 17.7. The Bertz CT molecular complexity index is 4400. The molecule has 8 rings (SSSR count). The highest BCUT2D eigenvalue weighted by Gasteiger charge is 2.23. The second kappa shape index (κ2) is 23.4. The van der Waals surface area contributed by atoms with E-state index in [-0.39, 0.29) is 68.1 Å². The van der Waals surface area contributed by atoms with Crippen LogP contribution in [0.1, 0.15) is 0 Å². The number of benzene rings is 6. The largest absolute Gasteiger partial charge is 0.505 e. The van der Waals surface area contributed by atoms with Crippen molar-refractivity contribution in [2.24, 2.45) is 10.2 Å². The van der Waals surface area contributed by atoms with Crippen LogP contribution in [0.25, 0.3) is 21.5 Å². The number of nitrogens with one attached hydrogen (secondary N) is 4. The molecule has 0 fully saturated rings. The number of rotatable bonds is 14. The topological polar surface area (TPSA) is 490 Å². The van der Waals surface area contributed by atoms with Gasteiger partial charge < -0.3 is 26.4 Å². The zero-order valence-electron chi connectivity index (χ0n) is 37.0. The van der Waals surface area contributed by atoms with Crippen LogP contribution in [0.3, 0.4) is 0 Å². The van der Waals surface area contributed by atoms with Gasteiger partial charge in [0.25, 0.3) is 40.5 Å². The highest BCUT2D eigenvalue weighted by Crippen LogP contribution is 2.43. The first-order chi connectivity index (χ1) is 35.8. The van der Waals surface area contributed by atoms with E-state index in [1.165, 1.54) is 48.5 Å². The molecule has 0 bridgehead atoms. The average Bonchev–Trinajstić information content (AvgIpc) is 3.29. The molecule has 39 heteroatoms. The first-order valence-electron chi connectivity index (χ1n) is 19.7. The molecule has 0 aliphatic carbocycles. The standard InChI is InChI=1S/C38H26Cl2N12O13S4.2O3S/c39-33-45-35(41-20-5-3-6-22(15-20)66(54,55)56)49-37(47-33)43-27-16-21(10-13-29(27)68(60,61)62)42-36-46-34(40)48-38(50-36)44-28-17-23(67(57,58)59)14-19-9-11-25(31(53)30(19)28)51-52-26-12-8-18-4-1-2-7-24(18)32(26)69(63,64)65;2*1-4(2)3/h1-17,53H,(H,54,55,56)(H,57,58,59)(H,60,61,62)(H,63,64,65)(H2,41,43,45,47,49)(H2,42,44,46,48,50);;. The molecule has 0 amide bonds. The van der Waals surface area contributed by atoms with Gasteiger partial charge >= 0.3 is 21.2 Å². The Morgan fingerprint density at radius 2 is 0.948 bits per heavy atom. The maximum atomic E-state index is 12.5. The van der Waals surface area contributed by atoms with Crippen molar-refractivity contribution in [3.63, 3.8) is 0 Å². The van der Waals surface area contributed by atoms with Crippen LogP contribution in [-0.2, 0) is 61.7 Å². The number of hydrogen-bond donors (Lipinski definition) is 9. The van der Waals surface area contributed by atoms with Gasteiger partial charge in [-0.15, -0.1) is 35.5 Å². The van der Waals surface area contributed by atoms with E-state index < -0.39 is 104 Å². The number of aromatic nitrogens is 6. The van der Waals surface area contributed by atoms with E-state index in [1.54, 1.807) is 18.2 Å². The van der Waals surface area contributed by atoms with E-state index in [0.29, 0.717) is 5.39 Å². The number of halogens is 2. The van der Waals surface area contributed by atoms with Crippen LogP contribution in [0, 0.1) is 0 Å². The Morgan fingerprint density at radius 1 is 0.455 bits per heavy atom. The van der Waals surface area contributed by atoms with Crippen LogP contribution < -0.4 is 21.3 Å². The van der Waals surface area contributed by atoms with Gasteiger partial charge in [0, 0.05) is 22.1 Å². The van der Waals surface area contributed by atoms with E-state index in [1.807, 2.05) is 0 Å². The van der Waals surface area contributed by atoms with E-state index in [9.17, 15) is 57.0 Å². The highest BCUT2D eigenvalue weighted by molar-refractivity contribution is 7.86. The summed E-state index contributed by atoms with van der Waals surface area (Å²) < 4.78 is 188. The third-order valence-electron chi connectivity index (χ3n) is 9.33. The van der Waals surface area contributed by atoms with E-state index in [0.717, 1.165) is 36.4 Å². The lowest BCUT2D eigenvalue weighted by atomic mass is 10.1. The maximum Gasteiger partial charge on any atom is 0.425 e. The predicted octanol–water partition coefficient (Wildman–Crippen LogP) is 5.74. The van der Waals surface area contributed by atoms with Gasteiger partial charge in [0.05, 0.1) is 21.2 Å². The summed E-state index contributed by atoms with van der Waals surface area (Å²) in [5.41, 5.74) is -1.05. The van der Waals surface area contributed by atoms with E-state index in [4.69, 9.17) is 48.5 Å². The zero-order chi connectivity index (χ0) is 56.8. The van der Waals surface area contributed by atoms with Gasteiger partial charge in [0.15, 0.2) is 5.75 Å². The van der Waals surface area contributed by atoms with Gasteiger partial charge in [-0.25, -0.2) is 0 Å². The Morgan fingerprint density at radius 3 is 1.49 bits per heavy atom. The third-order valence-corrected chi connectivity index (χ3v) is 13.2. The Balaban J connectivity index is 0.00000112. The minimum atomic E-state index is -4.94. The number of aromatic hydroxyl groups is 1. The molecule has 402 valence electrons. The van der Waals surface area contributed by atoms with E-state index in [2.05, 4.69) is 61.4 Å². The van der Waals surface area contributed by atoms with Crippen molar-refractivity contribution in [1.82, 2.24) is 29.9 Å². The number of hydrogen-bond acceptors (Lipinski definition) is 27. The van der Waals surface area contributed by atoms with Crippen LogP contribution in [-0.4, -0.2) is 112 Å². The van der Waals surface area contributed by atoms with Crippen molar-refractivity contribution >= 4 is 164 Å². The summed E-state index contributed by atoms with van der Waals surface area (Å²) in [6, 6.07) is 21.8. The molecule has 77 heavy (non-hydrogen) atoms. The summed E-state index contributed by atoms with van der Waals surface area (Å²) in [5, 5.41) is 29.9. The quantitative estimate of drug-likeness (QED) is 0.0462. The second-order valence-corrected chi connectivity index (χ2v) is 21.5. The summed E-state index contributed by atoms with van der Waals surface area (Å²) in [7, 11) is -25.5. The van der Waals surface area contributed by atoms with Crippen molar-refractivity contribution in [3.05, 3.63) is 114 Å². The maximum absolute atomic E-state index is 12.5. The summed E-state index contributed by atoms with van der Waals surface area (Å²) in [6.45, 7) is 0. The molecule has 0 spiro atoms. The van der Waals surface area contributed by atoms with Crippen LogP contribution >= 0.6 is 23.2 Å². The molecule has 31 nitrogen and oxygen atoms in total. The molecule has 2 heterocycles. The fourth-order valence-electron chi connectivity index (χ4n) is 6.51. The van der Waals surface area contributed by atoms with Crippen molar-refractivity contribution in [2.45, 2.75) is 19.6 Å². The number of nitrogens with zero attached hydrogens (tertiary/aromatic N) is 8. The summed E-state index contributed by atoms with van der Waals surface area (Å²) in [4.78, 5) is 21.8. The number of anilines is 8. The van der Waals surface area contributed by atoms with Crippen LogP contribution in [0.2, 0.25) is 10.6 Å². The SMILES string of the molecule is O=S(=O)(O)c1cccc(Nc2nc(Cl)nc(Nc3cc(Nc4nc(Cl)nc(Nc5cc(S(=O)(=O)O)cc6ccc(N=Nc7ccc8ccccc8c7S(=O)(=O)O)c(O)c56)n4)ccc3S(=O)(=O)O)n2)c1.O=S(=O)=O.O=S(=O)=O. The highest BCUT2D eigenvalue weighted by atomic mass is 35.5. The van der Waals surface area contributed by atoms with Crippen molar-refractivity contribution in [2.75, 3.05) is 21.3 Å². The van der Waals surface area contributed by atoms with Crippen LogP contribution in [0.15, 0.2) is 133 Å². The van der Waals surface area contributed by atoms with Crippen LogP contribution in [0.4, 0.5) is 57.9 Å². The fraction of sp³-hybridized carbons (Fsp3) is 0. The predicted molar refractivity (Wildman–Crippen MR) is 268 cm³/mol. The molecule has 0 atom stereocenters. The number of phenols is 1. The smallest absolute Gasteiger partial charge is 0.425 e. The molecular formula is C38H26Cl2N12O19S6. The van der Waals surface area contributed by atoms with Gasteiger partial charge in [-0.2, -0.15) is 63.6 Å². The second-order valence-electron chi connectivity index (χ2n) is 14.4.